The van der Waals surface area contributed by atoms with Crippen molar-refractivity contribution in [3.05, 3.63) is 59.9 Å². The first-order valence-corrected chi connectivity index (χ1v) is 9.40. The van der Waals surface area contributed by atoms with Gasteiger partial charge in [-0.1, -0.05) is 36.4 Å². The number of thiazole rings is 1. The van der Waals surface area contributed by atoms with Crippen molar-refractivity contribution in [2.24, 2.45) is 0 Å². The molecule has 28 heavy (non-hydrogen) atoms. The highest BCUT2D eigenvalue weighted by atomic mass is 32.1. The number of carbonyl (C=O) groups is 2. The lowest BCUT2D eigenvalue weighted by molar-refractivity contribution is 0.0635. The van der Waals surface area contributed by atoms with E-state index in [0.717, 1.165) is 6.29 Å². The smallest absolute Gasteiger partial charge is 0.413 e. The van der Waals surface area contributed by atoms with Crippen molar-refractivity contribution < 1.29 is 18.7 Å². The van der Waals surface area contributed by atoms with E-state index in [1.54, 1.807) is 51.1 Å². The third kappa shape index (κ3) is 4.61. The second-order valence-electron chi connectivity index (χ2n) is 7.04. The summed E-state index contributed by atoms with van der Waals surface area (Å²) < 4.78 is 18.6. The summed E-state index contributed by atoms with van der Waals surface area (Å²) in [6.45, 7) is 5.29. The Morgan fingerprint density at radius 2 is 1.82 bits per heavy atom. The third-order valence-electron chi connectivity index (χ3n) is 3.67. The highest BCUT2D eigenvalue weighted by molar-refractivity contribution is 7.19. The fraction of sp³-hybridized carbons (Fsp3) is 0.190. The van der Waals surface area contributed by atoms with Gasteiger partial charge in [0.25, 0.3) is 0 Å². The number of aromatic nitrogens is 1. The first kappa shape index (κ1) is 19.7. The highest BCUT2D eigenvalue weighted by Gasteiger charge is 2.21. The number of amides is 1. The molecule has 1 aromatic heterocycles. The predicted octanol–water partition coefficient (Wildman–Crippen LogP) is 5.78. The summed E-state index contributed by atoms with van der Waals surface area (Å²) in [5.74, 6) is -0.0667. The molecule has 3 rings (SSSR count). The van der Waals surface area contributed by atoms with Gasteiger partial charge in [0.15, 0.2) is 12.1 Å². The first-order chi connectivity index (χ1) is 13.3. The second-order valence-corrected chi connectivity index (χ2v) is 8.03. The molecule has 0 bridgehead atoms. The Labute approximate surface area is 166 Å². The normalized spacial score (nSPS) is 11.1. The number of aldehydes is 1. The van der Waals surface area contributed by atoms with Gasteiger partial charge < -0.3 is 4.74 Å². The Hall–Kier alpha value is -3.06. The Balaban J connectivity index is 2.05. The molecule has 0 atom stereocenters. The summed E-state index contributed by atoms with van der Waals surface area (Å²) in [6, 6.07) is 13.0. The van der Waals surface area contributed by atoms with Crippen LogP contribution in [-0.2, 0) is 4.74 Å². The van der Waals surface area contributed by atoms with Crippen molar-refractivity contribution in [1.29, 1.82) is 0 Å². The maximum atomic E-state index is 13.3. The van der Waals surface area contributed by atoms with E-state index in [1.165, 1.54) is 23.5 Å². The zero-order chi connectivity index (χ0) is 20.3. The quantitative estimate of drug-likeness (QED) is 0.566. The molecule has 0 saturated heterocycles. The molecular formula is C21H19FN2O3S. The number of anilines is 1. The van der Waals surface area contributed by atoms with Crippen LogP contribution in [-0.4, -0.2) is 23.0 Å². The molecule has 3 aromatic rings. The van der Waals surface area contributed by atoms with E-state index in [-0.39, 0.29) is 5.82 Å². The molecule has 0 aliphatic heterocycles. The first-order valence-electron chi connectivity index (χ1n) is 8.58. The summed E-state index contributed by atoms with van der Waals surface area (Å²) in [5, 5.41) is 3.23. The van der Waals surface area contributed by atoms with E-state index in [2.05, 4.69) is 10.3 Å². The standard InChI is InChI=1S/C21H19FN2O3S/c1-21(2,3)27-20(26)24-18-17(13-8-10-15(22)11-9-13)28-19(23-18)16-7-5-4-6-14(16)12-25/h4-12H,1-3H3,(H,24,26). The molecule has 0 aliphatic carbocycles. The minimum atomic E-state index is -0.664. The molecule has 0 spiro atoms. The summed E-state index contributed by atoms with van der Waals surface area (Å²) in [4.78, 5) is 28.8. The summed E-state index contributed by atoms with van der Waals surface area (Å²) in [5.41, 5.74) is 1.18. The van der Waals surface area contributed by atoms with Crippen LogP contribution in [0.3, 0.4) is 0 Å². The SMILES string of the molecule is CC(C)(C)OC(=O)Nc1nc(-c2ccccc2C=O)sc1-c1ccc(F)cc1. The summed E-state index contributed by atoms with van der Waals surface area (Å²) >= 11 is 1.30. The van der Waals surface area contributed by atoms with Crippen LogP contribution in [0.4, 0.5) is 15.0 Å². The lowest BCUT2D eigenvalue weighted by Gasteiger charge is -2.19. The summed E-state index contributed by atoms with van der Waals surface area (Å²) in [6.07, 6.45) is 0.117. The van der Waals surface area contributed by atoms with Gasteiger partial charge in [-0.3, -0.25) is 10.1 Å². The van der Waals surface area contributed by atoms with Crippen LogP contribution in [0.1, 0.15) is 31.1 Å². The van der Waals surface area contributed by atoms with Crippen LogP contribution < -0.4 is 5.32 Å². The number of carbonyl (C=O) groups excluding carboxylic acids is 2. The third-order valence-corrected chi connectivity index (χ3v) is 4.81. The van der Waals surface area contributed by atoms with Crippen LogP contribution in [0.5, 0.6) is 0 Å². The van der Waals surface area contributed by atoms with Gasteiger partial charge in [-0.15, -0.1) is 11.3 Å². The topological polar surface area (TPSA) is 68.3 Å². The van der Waals surface area contributed by atoms with Crippen LogP contribution in [0.15, 0.2) is 48.5 Å². The van der Waals surface area contributed by atoms with Gasteiger partial charge in [-0.25, -0.2) is 14.2 Å². The molecule has 1 N–H and O–H groups in total. The lowest BCUT2D eigenvalue weighted by atomic mass is 10.1. The van der Waals surface area contributed by atoms with E-state index in [0.29, 0.717) is 32.4 Å². The molecule has 0 saturated carbocycles. The largest absolute Gasteiger partial charge is 0.444 e. The van der Waals surface area contributed by atoms with Gasteiger partial charge >= 0.3 is 6.09 Å². The van der Waals surface area contributed by atoms with Gasteiger partial charge in [0.05, 0.1) is 4.88 Å². The zero-order valence-electron chi connectivity index (χ0n) is 15.7. The molecular weight excluding hydrogens is 379 g/mol. The van der Waals surface area contributed by atoms with E-state index >= 15 is 0 Å². The van der Waals surface area contributed by atoms with Crippen LogP contribution in [0.25, 0.3) is 21.0 Å². The number of nitrogens with zero attached hydrogens (tertiary/aromatic N) is 1. The molecule has 0 fully saturated rings. The van der Waals surface area contributed by atoms with Crippen molar-refractivity contribution in [1.82, 2.24) is 4.98 Å². The lowest BCUT2D eigenvalue weighted by Crippen LogP contribution is -2.27. The average molecular weight is 398 g/mol. The Kier molecular flexibility index (Phi) is 5.56. The van der Waals surface area contributed by atoms with Gasteiger partial charge in [-0.2, -0.15) is 0 Å². The van der Waals surface area contributed by atoms with Gasteiger partial charge in [0.2, 0.25) is 0 Å². The van der Waals surface area contributed by atoms with Crippen LogP contribution in [0, 0.1) is 5.82 Å². The molecule has 7 heteroatoms. The number of hydrogen-bond donors (Lipinski definition) is 1. The van der Waals surface area contributed by atoms with Crippen molar-refractivity contribution in [2.75, 3.05) is 5.32 Å². The maximum absolute atomic E-state index is 13.3. The van der Waals surface area contributed by atoms with Crippen LogP contribution >= 0.6 is 11.3 Å². The second kappa shape index (κ2) is 7.90. The van der Waals surface area contributed by atoms with Crippen molar-refractivity contribution in [2.45, 2.75) is 26.4 Å². The van der Waals surface area contributed by atoms with Crippen LogP contribution in [0.2, 0.25) is 0 Å². The zero-order valence-corrected chi connectivity index (χ0v) is 16.5. The van der Waals surface area contributed by atoms with Gasteiger partial charge in [0, 0.05) is 11.1 Å². The Morgan fingerprint density at radius 3 is 2.46 bits per heavy atom. The monoisotopic (exact) mass is 398 g/mol. The van der Waals surface area contributed by atoms with E-state index in [1.807, 2.05) is 6.07 Å². The number of benzene rings is 2. The molecule has 144 valence electrons. The Bertz CT molecular complexity index is 1010. The van der Waals surface area contributed by atoms with Gasteiger partial charge in [-0.05, 0) is 38.5 Å². The van der Waals surface area contributed by atoms with E-state index < -0.39 is 11.7 Å². The van der Waals surface area contributed by atoms with Gasteiger partial charge in [0.1, 0.15) is 16.4 Å². The highest BCUT2D eigenvalue weighted by Crippen LogP contribution is 2.39. The number of nitrogens with one attached hydrogen (secondary N) is 1. The Morgan fingerprint density at radius 1 is 1.14 bits per heavy atom. The average Bonchev–Trinajstić information content (AvgIpc) is 3.04. The number of halogens is 1. The molecule has 0 unspecified atom stereocenters. The molecule has 0 radical (unpaired) electrons. The number of hydrogen-bond acceptors (Lipinski definition) is 5. The summed E-state index contributed by atoms with van der Waals surface area (Å²) in [7, 11) is 0. The molecule has 5 nitrogen and oxygen atoms in total. The fourth-order valence-electron chi connectivity index (χ4n) is 2.51. The van der Waals surface area contributed by atoms with Crippen molar-refractivity contribution in [3.63, 3.8) is 0 Å². The predicted molar refractivity (Wildman–Crippen MR) is 108 cm³/mol. The van der Waals surface area contributed by atoms with E-state index in [4.69, 9.17) is 4.74 Å². The maximum Gasteiger partial charge on any atom is 0.413 e. The van der Waals surface area contributed by atoms with Crippen molar-refractivity contribution in [3.8, 4) is 21.0 Å². The molecule has 2 aromatic carbocycles. The molecule has 1 heterocycles. The minimum Gasteiger partial charge on any atom is -0.444 e. The van der Waals surface area contributed by atoms with Crippen molar-refractivity contribution >= 4 is 29.5 Å². The molecule has 1 amide bonds. The fourth-order valence-corrected chi connectivity index (χ4v) is 3.59. The number of ether oxygens (including phenoxy) is 1. The van der Waals surface area contributed by atoms with E-state index in [9.17, 15) is 14.0 Å². The minimum absolute atomic E-state index is 0.293. The number of rotatable bonds is 4. The molecule has 0 aliphatic rings.